The Morgan fingerprint density at radius 3 is 3.11 bits per heavy atom. The standard InChI is InChI=1S/C14H16N4/c1-2-6-16-13(3-1)5-8-18-7-4-12-9-15-11-17-14(12)10-18/h1-3,6,9,11H,4-5,7-8,10H2. The molecule has 3 rings (SSSR count). The third-order valence-corrected chi connectivity index (χ3v) is 3.36. The monoisotopic (exact) mass is 240 g/mol. The fourth-order valence-corrected chi connectivity index (χ4v) is 2.31. The van der Waals surface area contributed by atoms with Crippen LogP contribution in [-0.4, -0.2) is 32.9 Å². The van der Waals surface area contributed by atoms with E-state index in [0.717, 1.165) is 38.2 Å². The second-order valence-corrected chi connectivity index (χ2v) is 4.59. The molecular formula is C14H16N4. The van der Waals surface area contributed by atoms with E-state index in [1.165, 1.54) is 11.3 Å². The summed E-state index contributed by atoms with van der Waals surface area (Å²) in [5, 5.41) is 0. The molecule has 0 amide bonds. The number of pyridine rings is 1. The zero-order chi connectivity index (χ0) is 12.2. The molecule has 4 nitrogen and oxygen atoms in total. The third kappa shape index (κ3) is 2.54. The van der Waals surface area contributed by atoms with Crippen molar-refractivity contribution < 1.29 is 0 Å². The Bertz CT molecular complexity index is 512. The van der Waals surface area contributed by atoms with Crippen molar-refractivity contribution >= 4 is 0 Å². The van der Waals surface area contributed by atoms with E-state index in [2.05, 4.69) is 25.9 Å². The van der Waals surface area contributed by atoms with Gasteiger partial charge < -0.3 is 0 Å². The third-order valence-electron chi connectivity index (χ3n) is 3.36. The van der Waals surface area contributed by atoms with Crippen LogP contribution in [0.15, 0.2) is 36.9 Å². The summed E-state index contributed by atoms with van der Waals surface area (Å²) in [6.45, 7) is 3.07. The minimum absolute atomic E-state index is 0.935. The van der Waals surface area contributed by atoms with E-state index in [4.69, 9.17) is 0 Å². The van der Waals surface area contributed by atoms with Gasteiger partial charge in [-0.3, -0.25) is 9.88 Å². The van der Waals surface area contributed by atoms with Crippen LogP contribution in [0.5, 0.6) is 0 Å². The summed E-state index contributed by atoms with van der Waals surface area (Å²) in [5.41, 5.74) is 3.63. The normalized spacial score (nSPS) is 15.3. The number of fused-ring (bicyclic) bond motifs is 1. The summed E-state index contributed by atoms with van der Waals surface area (Å²) in [6, 6.07) is 6.08. The zero-order valence-electron chi connectivity index (χ0n) is 10.3. The fourth-order valence-electron chi connectivity index (χ4n) is 2.31. The van der Waals surface area contributed by atoms with Crippen molar-refractivity contribution in [3.8, 4) is 0 Å². The molecule has 0 bridgehead atoms. The highest BCUT2D eigenvalue weighted by atomic mass is 15.1. The summed E-state index contributed by atoms with van der Waals surface area (Å²) in [7, 11) is 0. The molecule has 0 aliphatic carbocycles. The van der Waals surface area contributed by atoms with E-state index < -0.39 is 0 Å². The molecule has 0 aromatic carbocycles. The van der Waals surface area contributed by atoms with Gasteiger partial charge in [-0.25, -0.2) is 9.97 Å². The Balaban J connectivity index is 1.60. The van der Waals surface area contributed by atoms with Crippen LogP contribution in [0.1, 0.15) is 17.0 Å². The molecule has 18 heavy (non-hydrogen) atoms. The lowest BCUT2D eigenvalue weighted by Crippen LogP contribution is -2.33. The highest BCUT2D eigenvalue weighted by Crippen LogP contribution is 2.15. The highest BCUT2D eigenvalue weighted by Gasteiger charge is 2.16. The molecule has 0 saturated heterocycles. The van der Waals surface area contributed by atoms with Crippen LogP contribution in [0.3, 0.4) is 0 Å². The quantitative estimate of drug-likeness (QED) is 0.815. The van der Waals surface area contributed by atoms with Gasteiger partial charge in [0.15, 0.2) is 0 Å². The lowest BCUT2D eigenvalue weighted by molar-refractivity contribution is 0.252. The van der Waals surface area contributed by atoms with Gasteiger partial charge in [-0.1, -0.05) is 6.07 Å². The van der Waals surface area contributed by atoms with Gasteiger partial charge in [0.25, 0.3) is 0 Å². The largest absolute Gasteiger partial charge is 0.297 e. The molecule has 0 saturated carbocycles. The van der Waals surface area contributed by atoms with E-state index in [-0.39, 0.29) is 0 Å². The van der Waals surface area contributed by atoms with Gasteiger partial charge in [-0.15, -0.1) is 0 Å². The average molecular weight is 240 g/mol. The summed E-state index contributed by atoms with van der Waals surface area (Å²) < 4.78 is 0. The fraction of sp³-hybridized carbons (Fsp3) is 0.357. The lowest BCUT2D eigenvalue weighted by Gasteiger charge is -2.27. The Morgan fingerprint density at radius 2 is 2.22 bits per heavy atom. The molecule has 1 aliphatic heterocycles. The molecule has 2 aromatic heterocycles. The predicted octanol–water partition coefficient (Wildman–Crippen LogP) is 1.47. The van der Waals surface area contributed by atoms with E-state index in [9.17, 15) is 0 Å². The van der Waals surface area contributed by atoms with Crippen molar-refractivity contribution in [2.45, 2.75) is 19.4 Å². The van der Waals surface area contributed by atoms with Crippen LogP contribution in [0, 0.1) is 0 Å². The smallest absolute Gasteiger partial charge is 0.115 e. The average Bonchev–Trinajstić information content (AvgIpc) is 2.46. The van der Waals surface area contributed by atoms with Crippen molar-refractivity contribution in [3.05, 3.63) is 53.9 Å². The summed E-state index contributed by atoms with van der Waals surface area (Å²) >= 11 is 0. The molecule has 0 N–H and O–H groups in total. The first-order valence-corrected chi connectivity index (χ1v) is 6.32. The van der Waals surface area contributed by atoms with Crippen molar-refractivity contribution in [2.24, 2.45) is 0 Å². The number of hydrogen-bond donors (Lipinski definition) is 0. The Labute approximate surface area is 107 Å². The molecular weight excluding hydrogens is 224 g/mol. The van der Waals surface area contributed by atoms with Crippen molar-refractivity contribution in [1.29, 1.82) is 0 Å². The van der Waals surface area contributed by atoms with Gasteiger partial charge >= 0.3 is 0 Å². The molecule has 3 heterocycles. The van der Waals surface area contributed by atoms with E-state index in [1.54, 1.807) is 6.33 Å². The topological polar surface area (TPSA) is 41.9 Å². The van der Waals surface area contributed by atoms with E-state index in [1.807, 2.05) is 24.5 Å². The summed E-state index contributed by atoms with van der Waals surface area (Å²) in [4.78, 5) is 15.2. The van der Waals surface area contributed by atoms with Crippen LogP contribution >= 0.6 is 0 Å². The first-order chi connectivity index (χ1) is 8.92. The maximum atomic E-state index is 4.36. The van der Waals surface area contributed by atoms with Gasteiger partial charge in [0.05, 0.1) is 5.69 Å². The summed E-state index contributed by atoms with van der Waals surface area (Å²) in [5.74, 6) is 0. The number of hydrogen-bond acceptors (Lipinski definition) is 4. The molecule has 1 aliphatic rings. The zero-order valence-corrected chi connectivity index (χ0v) is 10.3. The van der Waals surface area contributed by atoms with Crippen molar-refractivity contribution in [2.75, 3.05) is 13.1 Å². The molecule has 0 atom stereocenters. The second kappa shape index (κ2) is 5.23. The minimum Gasteiger partial charge on any atom is -0.297 e. The Kier molecular flexibility index (Phi) is 3.28. The van der Waals surface area contributed by atoms with Crippen LogP contribution in [0.4, 0.5) is 0 Å². The Hall–Kier alpha value is -1.81. The molecule has 0 radical (unpaired) electrons. The second-order valence-electron chi connectivity index (χ2n) is 4.59. The number of aromatic nitrogens is 3. The first-order valence-electron chi connectivity index (χ1n) is 6.32. The summed E-state index contributed by atoms with van der Waals surface area (Å²) in [6.07, 6.45) is 7.49. The van der Waals surface area contributed by atoms with E-state index >= 15 is 0 Å². The SMILES string of the molecule is c1ccc(CCN2CCc3cncnc3C2)nc1. The van der Waals surface area contributed by atoms with Crippen LogP contribution in [0.25, 0.3) is 0 Å². The van der Waals surface area contributed by atoms with Crippen LogP contribution < -0.4 is 0 Å². The molecule has 0 unspecified atom stereocenters. The Morgan fingerprint density at radius 1 is 1.22 bits per heavy atom. The minimum atomic E-state index is 0.935. The number of nitrogens with zero attached hydrogens (tertiary/aromatic N) is 4. The first kappa shape index (κ1) is 11.3. The molecule has 0 fully saturated rings. The van der Waals surface area contributed by atoms with Gasteiger partial charge in [0.2, 0.25) is 0 Å². The van der Waals surface area contributed by atoms with Gasteiger partial charge in [-0.2, -0.15) is 0 Å². The van der Waals surface area contributed by atoms with Crippen LogP contribution in [-0.2, 0) is 19.4 Å². The van der Waals surface area contributed by atoms with Gasteiger partial charge in [0.1, 0.15) is 6.33 Å². The molecule has 2 aromatic rings. The van der Waals surface area contributed by atoms with Gasteiger partial charge in [-0.05, 0) is 24.1 Å². The molecule has 0 spiro atoms. The highest BCUT2D eigenvalue weighted by molar-refractivity contribution is 5.18. The number of rotatable bonds is 3. The van der Waals surface area contributed by atoms with Crippen LogP contribution in [0.2, 0.25) is 0 Å². The van der Waals surface area contributed by atoms with Crippen molar-refractivity contribution in [1.82, 2.24) is 19.9 Å². The lowest BCUT2D eigenvalue weighted by atomic mass is 10.1. The predicted molar refractivity (Wildman–Crippen MR) is 69.0 cm³/mol. The molecule has 92 valence electrons. The maximum absolute atomic E-state index is 4.36. The van der Waals surface area contributed by atoms with Crippen molar-refractivity contribution in [3.63, 3.8) is 0 Å². The van der Waals surface area contributed by atoms with Gasteiger partial charge in [0, 0.05) is 44.1 Å². The maximum Gasteiger partial charge on any atom is 0.115 e. The van der Waals surface area contributed by atoms with E-state index in [0.29, 0.717) is 0 Å². The molecule has 4 heteroatoms.